The van der Waals surface area contributed by atoms with E-state index in [4.69, 9.17) is 0 Å². The standard InChI is InChI=1S/C6H12FI/c1-2-6(8)4-3-5-7/h6H,2-5H2,1H3. The van der Waals surface area contributed by atoms with Gasteiger partial charge in [-0.3, -0.25) is 4.39 Å². The van der Waals surface area contributed by atoms with Gasteiger partial charge in [-0.25, -0.2) is 0 Å². The van der Waals surface area contributed by atoms with Crippen LogP contribution in [0.25, 0.3) is 0 Å². The Bertz CT molecular complexity index is 47.8. The van der Waals surface area contributed by atoms with E-state index in [0.29, 0.717) is 3.92 Å². The van der Waals surface area contributed by atoms with E-state index in [-0.39, 0.29) is 6.67 Å². The first-order chi connectivity index (χ1) is 3.81. The lowest BCUT2D eigenvalue weighted by molar-refractivity contribution is 0.460. The predicted molar refractivity (Wildman–Crippen MR) is 43.3 cm³/mol. The Labute approximate surface area is 64.0 Å². The molecule has 0 N–H and O–H groups in total. The maximum Gasteiger partial charge on any atom is 0.0894 e. The third-order valence-corrected chi connectivity index (χ3v) is 2.60. The highest BCUT2D eigenvalue weighted by atomic mass is 127. The normalized spacial score (nSPS) is 13.9. The fraction of sp³-hybridized carbons (Fsp3) is 1.00. The van der Waals surface area contributed by atoms with Gasteiger partial charge < -0.3 is 0 Å². The summed E-state index contributed by atoms with van der Waals surface area (Å²) in [5, 5.41) is 0. The lowest BCUT2D eigenvalue weighted by Gasteiger charge is -2.01. The van der Waals surface area contributed by atoms with Gasteiger partial charge in [0.25, 0.3) is 0 Å². The van der Waals surface area contributed by atoms with E-state index in [2.05, 4.69) is 29.5 Å². The molecule has 50 valence electrons. The second kappa shape index (κ2) is 5.79. The minimum atomic E-state index is -0.153. The summed E-state index contributed by atoms with van der Waals surface area (Å²) in [5.41, 5.74) is 0. The summed E-state index contributed by atoms with van der Waals surface area (Å²) >= 11 is 2.36. The van der Waals surface area contributed by atoms with Crippen molar-refractivity contribution in [2.45, 2.75) is 30.1 Å². The lowest BCUT2D eigenvalue weighted by Crippen LogP contribution is -1.94. The SMILES string of the molecule is CCC(I)CCCF. The minimum absolute atomic E-state index is 0.153. The first-order valence-electron chi connectivity index (χ1n) is 3.01. The van der Waals surface area contributed by atoms with Crippen LogP contribution in [0.2, 0.25) is 0 Å². The predicted octanol–water partition coefficient (Wildman–Crippen LogP) is 2.95. The Kier molecular flexibility index (Phi) is 6.27. The molecule has 0 saturated carbocycles. The van der Waals surface area contributed by atoms with Crippen molar-refractivity contribution in [3.63, 3.8) is 0 Å². The molecule has 0 aromatic carbocycles. The summed E-state index contributed by atoms with van der Waals surface area (Å²) in [6.45, 7) is 1.98. The van der Waals surface area contributed by atoms with Crippen molar-refractivity contribution in [1.29, 1.82) is 0 Å². The Morgan fingerprint density at radius 1 is 1.62 bits per heavy atom. The van der Waals surface area contributed by atoms with Crippen molar-refractivity contribution in [3.8, 4) is 0 Å². The molecule has 0 rings (SSSR count). The topological polar surface area (TPSA) is 0 Å². The summed E-state index contributed by atoms with van der Waals surface area (Å²) in [7, 11) is 0. The minimum Gasteiger partial charge on any atom is -0.251 e. The van der Waals surface area contributed by atoms with Gasteiger partial charge in [0.2, 0.25) is 0 Å². The van der Waals surface area contributed by atoms with Crippen molar-refractivity contribution in [3.05, 3.63) is 0 Å². The highest BCUT2D eigenvalue weighted by Gasteiger charge is 1.97. The van der Waals surface area contributed by atoms with Crippen molar-refractivity contribution >= 4 is 22.6 Å². The van der Waals surface area contributed by atoms with E-state index < -0.39 is 0 Å². The number of alkyl halides is 2. The Morgan fingerprint density at radius 3 is 2.62 bits per heavy atom. The van der Waals surface area contributed by atoms with Crippen molar-refractivity contribution in [2.24, 2.45) is 0 Å². The first-order valence-corrected chi connectivity index (χ1v) is 4.25. The van der Waals surface area contributed by atoms with Crippen LogP contribution in [0.5, 0.6) is 0 Å². The van der Waals surface area contributed by atoms with Crippen LogP contribution in [0.4, 0.5) is 4.39 Å². The van der Waals surface area contributed by atoms with Crippen LogP contribution in [-0.4, -0.2) is 10.6 Å². The second-order valence-electron chi connectivity index (χ2n) is 1.84. The van der Waals surface area contributed by atoms with E-state index in [1.165, 1.54) is 6.42 Å². The molecule has 0 bridgehead atoms. The van der Waals surface area contributed by atoms with E-state index in [1.54, 1.807) is 0 Å². The molecular formula is C6H12FI. The molecule has 1 atom stereocenters. The van der Waals surface area contributed by atoms with E-state index in [0.717, 1.165) is 12.8 Å². The van der Waals surface area contributed by atoms with Gasteiger partial charge in [-0.15, -0.1) is 0 Å². The quantitative estimate of drug-likeness (QED) is 0.514. The summed E-state index contributed by atoms with van der Waals surface area (Å²) in [6, 6.07) is 0. The third-order valence-electron chi connectivity index (χ3n) is 1.09. The number of hydrogen-bond acceptors (Lipinski definition) is 0. The van der Waals surface area contributed by atoms with E-state index in [9.17, 15) is 4.39 Å². The zero-order chi connectivity index (χ0) is 6.41. The van der Waals surface area contributed by atoms with Crippen LogP contribution in [0.15, 0.2) is 0 Å². The number of rotatable bonds is 4. The van der Waals surface area contributed by atoms with Gasteiger partial charge in [-0.05, 0) is 19.3 Å². The maximum atomic E-state index is 11.5. The average Bonchev–Trinajstić information content (AvgIpc) is 1.83. The average molecular weight is 230 g/mol. The lowest BCUT2D eigenvalue weighted by atomic mass is 10.2. The van der Waals surface area contributed by atoms with Gasteiger partial charge in [-0.1, -0.05) is 29.5 Å². The molecule has 0 aromatic heterocycles. The van der Waals surface area contributed by atoms with Gasteiger partial charge in [0.15, 0.2) is 0 Å². The smallest absolute Gasteiger partial charge is 0.0894 e. The van der Waals surface area contributed by atoms with Gasteiger partial charge in [0, 0.05) is 3.92 Å². The molecule has 0 heterocycles. The Hall–Kier alpha value is 0.660. The fourth-order valence-corrected chi connectivity index (χ4v) is 0.943. The van der Waals surface area contributed by atoms with Gasteiger partial charge in [0.05, 0.1) is 6.67 Å². The van der Waals surface area contributed by atoms with E-state index in [1.807, 2.05) is 0 Å². The first kappa shape index (κ1) is 8.66. The molecule has 0 spiro atoms. The molecule has 0 radical (unpaired) electrons. The zero-order valence-corrected chi connectivity index (χ0v) is 7.32. The van der Waals surface area contributed by atoms with E-state index >= 15 is 0 Å². The van der Waals surface area contributed by atoms with Crippen molar-refractivity contribution in [1.82, 2.24) is 0 Å². The third kappa shape index (κ3) is 4.81. The summed E-state index contributed by atoms with van der Waals surface area (Å²) in [5.74, 6) is 0. The van der Waals surface area contributed by atoms with Crippen LogP contribution >= 0.6 is 22.6 Å². The van der Waals surface area contributed by atoms with Crippen LogP contribution in [0, 0.1) is 0 Å². The molecular weight excluding hydrogens is 218 g/mol. The molecule has 8 heavy (non-hydrogen) atoms. The molecule has 0 aliphatic heterocycles. The van der Waals surface area contributed by atoms with Gasteiger partial charge >= 0.3 is 0 Å². The van der Waals surface area contributed by atoms with Gasteiger partial charge in [-0.2, -0.15) is 0 Å². The molecule has 0 saturated heterocycles. The van der Waals surface area contributed by atoms with Crippen LogP contribution in [-0.2, 0) is 0 Å². The van der Waals surface area contributed by atoms with Crippen molar-refractivity contribution < 1.29 is 4.39 Å². The second-order valence-corrected chi connectivity index (χ2v) is 3.60. The molecule has 0 fully saturated rings. The summed E-state index contributed by atoms with van der Waals surface area (Å²) in [4.78, 5) is 0. The van der Waals surface area contributed by atoms with Crippen LogP contribution < -0.4 is 0 Å². The molecule has 0 aromatic rings. The fourth-order valence-electron chi connectivity index (χ4n) is 0.503. The van der Waals surface area contributed by atoms with Crippen molar-refractivity contribution in [2.75, 3.05) is 6.67 Å². The molecule has 0 amide bonds. The highest BCUT2D eigenvalue weighted by molar-refractivity contribution is 14.1. The molecule has 0 aliphatic rings. The highest BCUT2D eigenvalue weighted by Crippen LogP contribution is 2.11. The number of halogens is 2. The van der Waals surface area contributed by atoms with Crippen LogP contribution in [0.1, 0.15) is 26.2 Å². The molecule has 0 aliphatic carbocycles. The summed E-state index contributed by atoms with van der Waals surface area (Å²) in [6.07, 6.45) is 2.94. The molecule has 0 nitrogen and oxygen atoms in total. The Morgan fingerprint density at radius 2 is 2.25 bits per heavy atom. The monoisotopic (exact) mass is 230 g/mol. The van der Waals surface area contributed by atoms with Gasteiger partial charge in [0.1, 0.15) is 0 Å². The largest absolute Gasteiger partial charge is 0.251 e. The summed E-state index contributed by atoms with van der Waals surface area (Å²) < 4.78 is 12.2. The maximum absolute atomic E-state index is 11.5. The number of hydrogen-bond donors (Lipinski definition) is 0. The zero-order valence-electron chi connectivity index (χ0n) is 5.16. The molecule has 1 unspecified atom stereocenters. The molecule has 2 heteroatoms. The Balaban J connectivity index is 2.86. The van der Waals surface area contributed by atoms with Crippen LogP contribution in [0.3, 0.4) is 0 Å².